The summed E-state index contributed by atoms with van der Waals surface area (Å²) < 4.78 is 5.25. The number of carbonyl (C=O) groups is 1. The number of rotatable bonds is 4. The van der Waals surface area contributed by atoms with Crippen molar-refractivity contribution < 1.29 is 9.53 Å². The molecule has 0 fully saturated rings. The van der Waals surface area contributed by atoms with Gasteiger partial charge in [-0.2, -0.15) is 0 Å². The molecule has 0 saturated heterocycles. The summed E-state index contributed by atoms with van der Waals surface area (Å²) in [6, 6.07) is 11.1. The van der Waals surface area contributed by atoms with E-state index in [2.05, 4.69) is 26.1 Å². The van der Waals surface area contributed by atoms with E-state index in [1.54, 1.807) is 18.2 Å². The summed E-state index contributed by atoms with van der Waals surface area (Å²) in [6.07, 6.45) is 3.04. The highest BCUT2D eigenvalue weighted by atomic mass is 35.5. The highest BCUT2D eigenvalue weighted by Gasteiger charge is 2.13. The molecule has 0 aliphatic heterocycles. The molecule has 132 valence electrons. The van der Waals surface area contributed by atoms with Crippen LogP contribution in [0.4, 0.5) is 5.69 Å². The van der Waals surface area contributed by atoms with Crippen LogP contribution in [0.2, 0.25) is 10.0 Å². The van der Waals surface area contributed by atoms with Gasteiger partial charge in [-0.05, 0) is 41.3 Å². The minimum atomic E-state index is -0.248. The van der Waals surface area contributed by atoms with Crippen molar-refractivity contribution in [2.75, 3.05) is 12.4 Å². The lowest BCUT2D eigenvalue weighted by molar-refractivity contribution is -0.111. The molecule has 1 amide bonds. The standard InChI is InChI=1S/C20H21Cl2NO2/c1-20(2,3)14-6-8-16(9-7-14)23-18(24)10-5-13-11-15(21)12-17(22)19(13)25-4/h5-12H,1-4H3,(H,23,24). The molecular formula is C20H21Cl2NO2. The second-order valence-electron chi connectivity index (χ2n) is 6.66. The van der Waals surface area contributed by atoms with Crippen LogP contribution in [0.5, 0.6) is 5.75 Å². The minimum absolute atomic E-state index is 0.0742. The number of amides is 1. The highest BCUT2D eigenvalue weighted by Crippen LogP contribution is 2.33. The molecule has 0 spiro atoms. The Bertz CT molecular complexity index is 791. The van der Waals surface area contributed by atoms with Gasteiger partial charge in [0.15, 0.2) is 0 Å². The molecule has 0 saturated carbocycles. The van der Waals surface area contributed by atoms with Gasteiger partial charge in [0.25, 0.3) is 0 Å². The fourth-order valence-corrected chi connectivity index (χ4v) is 2.91. The van der Waals surface area contributed by atoms with Gasteiger partial charge in [-0.15, -0.1) is 0 Å². The molecule has 0 heterocycles. The van der Waals surface area contributed by atoms with Gasteiger partial charge in [0.2, 0.25) is 5.91 Å². The quantitative estimate of drug-likeness (QED) is 0.668. The number of hydrogen-bond donors (Lipinski definition) is 1. The predicted molar refractivity (Wildman–Crippen MR) is 106 cm³/mol. The lowest BCUT2D eigenvalue weighted by atomic mass is 9.87. The van der Waals surface area contributed by atoms with E-state index < -0.39 is 0 Å². The number of ether oxygens (including phenoxy) is 1. The van der Waals surface area contributed by atoms with Gasteiger partial charge in [0, 0.05) is 22.3 Å². The van der Waals surface area contributed by atoms with Gasteiger partial charge in [-0.1, -0.05) is 56.1 Å². The smallest absolute Gasteiger partial charge is 0.248 e. The van der Waals surface area contributed by atoms with Gasteiger partial charge in [-0.25, -0.2) is 0 Å². The summed E-state index contributed by atoms with van der Waals surface area (Å²) in [5.41, 5.74) is 2.65. The minimum Gasteiger partial charge on any atom is -0.495 e. The van der Waals surface area contributed by atoms with Crippen LogP contribution in [-0.4, -0.2) is 13.0 Å². The first-order valence-electron chi connectivity index (χ1n) is 7.83. The topological polar surface area (TPSA) is 38.3 Å². The van der Waals surface area contributed by atoms with Crippen LogP contribution in [0, 0.1) is 0 Å². The third-order valence-corrected chi connectivity index (χ3v) is 4.17. The number of carbonyl (C=O) groups excluding carboxylic acids is 1. The molecule has 2 rings (SSSR count). The zero-order valence-corrected chi connectivity index (χ0v) is 16.2. The number of anilines is 1. The van der Waals surface area contributed by atoms with E-state index in [0.717, 1.165) is 5.69 Å². The van der Waals surface area contributed by atoms with E-state index in [0.29, 0.717) is 21.4 Å². The van der Waals surface area contributed by atoms with Crippen LogP contribution in [0.3, 0.4) is 0 Å². The van der Waals surface area contributed by atoms with Crippen molar-refractivity contribution in [1.82, 2.24) is 0 Å². The Hall–Kier alpha value is -1.97. The molecular weight excluding hydrogens is 357 g/mol. The Morgan fingerprint density at radius 1 is 1.12 bits per heavy atom. The molecule has 0 unspecified atom stereocenters. The maximum Gasteiger partial charge on any atom is 0.248 e. The predicted octanol–water partition coefficient (Wildman–Crippen LogP) is 5.95. The molecule has 2 aromatic rings. The van der Waals surface area contributed by atoms with Crippen molar-refractivity contribution >= 4 is 40.9 Å². The van der Waals surface area contributed by atoms with E-state index in [-0.39, 0.29) is 11.3 Å². The third kappa shape index (κ3) is 5.25. The first kappa shape index (κ1) is 19.4. The monoisotopic (exact) mass is 377 g/mol. The summed E-state index contributed by atoms with van der Waals surface area (Å²) in [4.78, 5) is 12.1. The summed E-state index contributed by atoms with van der Waals surface area (Å²) in [6.45, 7) is 6.44. The number of nitrogens with one attached hydrogen (secondary N) is 1. The molecule has 0 radical (unpaired) electrons. The lowest BCUT2D eigenvalue weighted by Gasteiger charge is -2.19. The second-order valence-corrected chi connectivity index (χ2v) is 7.50. The molecule has 2 aromatic carbocycles. The average Bonchev–Trinajstić information content (AvgIpc) is 2.52. The van der Waals surface area contributed by atoms with E-state index in [9.17, 15) is 4.79 Å². The number of methoxy groups -OCH3 is 1. The van der Waals surface area contributed by atoms with Crippen molar-refractivity contribution in [3.05, 3.63) is 63.6 Å². The molecule has 3 nitrogen and oxygen atoms in total. The Labute approximate surface area is 158 Å². The van der Waals surface area contributed by atoms with Crippen molar-refractivity contribution in [2.45, 2.75) is 26.2 Å². The van der Waals surface area contributed by atoms with Gasteiger partial charge in [0.1, 0.15) is 5.75 Å². The van der Waals surface area contributed by atoms with Crippen LogP contribution in [0.1, 0.15) is 31.9 Å². The van der Waals surface area contributed by atoms with Crippen molar-refractivity contribution in [3.63, 3.8) is 0 Å². The van der Waals surface area contributed by atoms with Crippen LogP contribution < -0.4 is 10.1 Å². The zero-order chi connectivity index (χ0) is 18.6. The van der Waals surface area contributed by atoms with Gasteiger partial charge < -0.3 is 10.1 Å². The van der Waals surface area contributed by atoms with Crippen LogP contribution in [0.25, 0.3) is 6.08 Å². The van der Waals surface area contributed by atoms with Crippen LogP contribution in [0.15, 0.2) is 42.5 Å². The molecule has 0 aromatic heterocycles. The first-order chi connectivity index (χ1) is 11.7. The van der Waals surface area contributed by atoms with Gasteiger partial charge in [0.05, 0.1) is 12.1 Å². The van der Waals surface area contributed by atoms with E-state index in [1.165, 1.54) is 18.7 Å². The normalized spacial score (nSPS) is 11.6. The van der Waals surface area contributed by atoms with Crippen molar-refractivity contribution in [3.8, 4) is 5.75 Å². The van der Waals surface area contributed by atoms with Crippen molar-refractivity contribution in [2.24, 2.45) is 0 Å². The molecule has 0 atom stereocenters. The van der Waals surface area contributed by atoms with Crippen molar-refractivity contribution in [1.29, 1.82) is 0 Å². The lowest BCUT2D eigenvalue weighted by Crippen LogP contribution is -2.12. The maximum absolute atomic E-state index is 12.1. The van der Waals surface area contributed by atoms with Crippen LogP contribution in [-0.2, 0) is 10.2 Å². The molecule has 0 aliphatic rings. The summed E-state index contributed by atoms with van der Waals surface area (Å²) >= 11 is 12.1. The van der Waals surface area contributed by atoms with Crippen LogP contribution >= 0.6 is 23.2 Å². The van der Waals surface area contributed by atoms with Gasteiger partial charge in [-0.3, -0.25) is 4.79 Å². The number of halogens is 2. The Morgan fingerprint density at radius 3 is 2.32 bits per heavy atom. The summed E-state index contributed by atoms with van der Waals surface area (Å²) in [7, 11) is 1.52. The molecule has 1 N–H and O–H groups in total. The largest absolute Gasteiger partial charge is 0.495 e. The number of hydrogen-bond acceptors (Lipinski definition) is 2. The number of benzene rings is 2. The molecule has 5 heteroatoms. The van der Waals surface area contributed by atoms with E-state index >= 15 is 0 Å². The Balaban J connectivity index is 2.11. The highest BCUT2D eigenvalue weighted by molar-refractivity contribution is 6.36. The van der Waals surface area contributed by atoms with E-state index in [1.807, 2.05) is 24.3 Å². The third-order valence-electron chi connectivity index (χ3n) is 3.67. The molecule has 25 heavy (non-hydrogen) atoms. The average molecular weight is 378 g/mol. The fourth-order valence-electron chi connectivity index (χ4n) is 2.32. The maximum atomic E-state index is 12.1. The SMILES string of the molecule is COc1c(Cl)cc(Cl)cc1C=CC(=O)Nc1ccc(C(C)(C)C)cc1. The fraction of sp³-hybridized carbons (Fsp3) is 0.250. The second kappa shape index (κ2) is 7.94. The zero-order valence-electron chi connectivity index (χ0n) is 14.7. The Morgan fingerprint density at radius 2 is 1.76 bits per heavy atom. The Kier molecular flexibility index (Phi) is 6.15. The molecule has 0 aliphatic carbocycles. The van der Waals surface area contributed by atoms with E-state index in [4.69, 9.17) is 27.9 Å². The van der Waals surface area contributed by atoms with Gasteiger partial charge >= 0.3 is 0 Å². The summed E-state index contributed by atoms with van der Waals surface area (Å²) in [5.74, 6) is 0.228. The summed E-state index contributed by atoms with van der Waals surface area (Å²) in [5, 5.41) is 3.70. The first-order valence-corrected chi connectivity index (χ1v) is 8.59. The molecule has 0 bridgehead atoms.